The minimum absolute atomic E-state index is 0.0369. The van der Waals surface area contributed by atoms with E-state index >= 15 is 0 Å². The van der Waals surface area contributed by atoms with Crippen LogP contribution in [0.1, 0.15) is 31.9 Å². The Morgan fingerprint density at radius 1 is 1.29 bits per heavy atom. The lowest BCUT2D eigenvalue weighted by Gasteiger charge is -2.24. The highest BCUT2D eigenvalue weighted by molar-refractivity contribution is 5.73. The normalized spacial score (nSPS) is 11.8. The molecule has 0 aromatic heterocycles. The van der Waals surface area contributed by atoms with Crippen molar-refractivity contribution in [3.8, 4) is 0 Å². The lowest BCUT2D eigenvalue weighted by molar-refractivity contribution is -0.139. The fraction of sp³-hybridized carbons (Fsp3) is 0.533. The van der Waals surface area contributed by atoms with Crippen LogP contribution >= 0.6 is 0 Å². The molecule has 0 saturated heterocycles. The van der Waals surface area contributed by atoms with Crippen LogP contribution in [-0.4, -0.2) is 29.9 Å². The molecule has 6 heteroatoms. The first-order valence-electron chi connectivity index (χ1n) is 6.85. The van der Waals surface area contributed by atoms with E-state index in [4.69, 9.17) is 0 Å². The Morgan fingerprint density at radius 3 is 2.43 bits per heavy atom. The zero-order valence-corrected chi connectivity index (χ0v) is 12.5. The van der Waals surface area contributed by atoms with Gasteiger partial charge in [0, 0.05) is 32.6 Å². The van der Waals surface area contributed by atoms with E-state index in [0.29, 0.717) is 13.1 Å². The number of alkyl halides is 3. The van der Waals surface area contributed by atoms with Gasteiger partial charge in [0.25, 0.3) is 0 Å². The van der Waals surface area contributed by atoms with E-state index < -0.39 is 11.7 Å². The van der Waals surface area contributed by atoms with Crippen LogP contribution in [0, 0.1) is 0 Å². The first-order valence-corrected chi connectivity index (χ1v) is 6.85. The maximum Gasteiger partial charge on any atom is 0.416 e. The van der Waals surface area contributed by atoms with Gasteiger partial charge in [0.2, 0.25) is 5.91 Å². The largest absolute Gasteiger partial charge is 0.416 e. The zero-order chi connectivity index (χ0) is 16.0. The highest BCUT2D eigenvalue weighted by Gasteiger charge is 2.33. The van der Waals surface area contributed by atoms with Crippen molar-refractivity contribution in [2.75, 3.05) is 13.1 Å². The molecule has 21 heavy (non-hydrogen) atoms. The molecule has 0 heterocycles. The van der Waals surface area contributed by atoms with Crippen LogP contribution in [0.25, 0.3) is 0 Å². The first kappa shape index (κ1) is 17.5. The monoisotopic (exact) mass is 302 g/mol. The molecule has 0 aliphatic rings. The number of hydrogen-bond donors (Lipinski definition) is 1. The number of rotatable bonds is 6. The van der Waals surface area contributed by atoms with E-state index in [1.165, 1.54) is 24.0 Å². The lowest BCUT2D eigenvalue weighted by Crippen LogP contribution is -2.37. The molecule has 1 amide bonds. The van der Waals surface area contributed by atoms with E-state index in [0.717, 1.165) is 6.07 Å². The third kappa shape index (κ3) is 5.75. The van der Waals surface area contributed by atoms with Gasteiger partial charge in [-0.2, -0.15) is 13.2 Å². The van der Waals surface area contributed by atoms with Crippen LogP contribution in [-0.2, 0) is 17.5 Å². The third-order valence-electron chi connectivity index (χ3n) is 3.06. The van der Waals surface area contributed by atoms with Crippen molar-refractivity contribution in [2.24, 2.45) is 0 Å². The number of amides is 1. The topological polar surface area (TPSA) is 32.3 Å². The summed E-state index contributed by atoms with van der Waals surface area (Å²) in [6.45, 7) is 6.19. The Morgan fingerprint density at radius 2 is 1.90 bits per heavy atom. The van der Waals surface area contributed by atoms with Crippen LogP contribution in [0.15, 0.2) is 24.3 Å². The number of hydrogen-bond acceptors (Lipinski definition) is 2. The summed E-state index contributed by atoms with van der Waals surface area (Å²) < 4.78 is 38.8. The first-order chi connectivity index (χ1) is 9.71. The molecule has 1 N–H and O–H groups in total. The maximum absolute atomic E-state index is 12.9. The summed E-state index contributed by atoms with van der Waals surface area (Å²) >= 11 is 0. The molecule has 0 fully saturated rings. The summed E-state index contributed by atoms with van der Waals surface area (Å²) in [5.41, 5.74) is -0.571. The molecule has 0 aliphatic heterocycles. The number of nitrogens with zero attached hydrogens (tertiary/aromatic N) is 1. The lowest BCUT2D eigenvalue weighted by atomic mass is 10.1. The average molecular weight is 302 g/mol. The standard InChI is InChI=1S/C15H21F3N2O/c1-11(2)19-8-9-20(12(3)21)10-13-6-4-5-7-14(13)15(16,17)18/h4-7,11,19H,8-10H2,1-3H3. The molecule has 1 aromatic rings. The summed E-state index contributed by atoms with van der Waals surface area (Å²) in [7, 11) is 0. The summed E-state index contributed by atoms with van der Waals surface area (Å²) in [6.07, 6.45) is -4.41. The van der Waals surface area contributed by atoms with Gasteiger partial charge in [-0.25, -0.2) is 0 Å². The fourth-order valence-electron chi connectivity index (χ4n) is 1.98. The Kier molecular flexibility index (Phi) is 6.20. The number of carbonyl (C=O) groups excluding carboxylic acids is 1. The summed E-state index contributed by atoms with van der Waals surface area (Å²) in [4.78, 5) is 13.0. The highest BCUT2D eigenvalue weighted by Crippen LogP contribution is 2.32. The van der Waals surface area contributed by atoms with Crippen LogP contribution in [0.5, 0.6) is 0 Å². The Hall–Kier alpha value is -1.56. The maximum atomic E-state index is 12.9. The molecule has 1 aromatic carbocycles. The van der Waals surface area contributed by atoms with E-state index in [2.05, 4.69) is 5.32 Å². The molecule has 0 radical (unpaired) electrons. The molecule has 0 aliphatic carbocycles. The minimum Gasteiger partial charge on any atom is -0.337 e. The Balaban J connectivity index is 2.83. The van der Waals surface area contributed by atoms with Gasteiger partial charge in [0.05, 0.1) is 5.56 Å². The van der Waals surface area contributed by atoms with Gasteiger partial charge in [-0.05, 0) is 11.6 Å². The second kappa shape index (κ2) is 7.45. The van der Waals surface area contributed by atoms with E-state index in [1.54, 1.807) is 6.07 Å². The quantitative estimate of drug-likeness (QED) is 0.876. The van der Waals surface area contributed by atoms with Gasteiger partial charge in [-0.1, -0.05) is 32.0 Å². The van der Waals surface area contributed by atoms with Gasteiger partial charge in [-0.3, -0.25) is 4.79 Å². The molecule has 0 saturated carbocycles. The summed E-state index contributed by atoms with van der Waals surface area (Å²) in [5.74, 6) is -0.238. The van der Waals surface area contributed by atoms with Crippen molar-refractivity contribution in [3.63, 3.8) is 0 Å². The minimum atomic E-state index is -4.41. The van der Waals surface area contributed by atoms with Crippen LogP contribution < -0.4 is 5.32 Å². The van der Waals surface area contributed by atoms with Gasteiger partial charge in [0.1, 0.15) is 0 Å². The second-order valence-electron chi connectivity index (χ2n) is 5.20. The third-order valence-corrected chi connectivity index (χ3v) is 3.06. The van der Waals surface area contributed by atoms with E-state index in [9.17, 15) is 18.0 Å². The van der Waals surface area contributed by atoms with Crippen molar-refractivity contribution in [3.05, 3.63) is 35.4 Å². The fourth-order valence-corrected chi connectivity index (χ4v) is 1.98. The van der Waals surface area contributed by atoms with Gasteiger partial charge in [-0.15, -0.1) is 0 Å². The molecule has 0 atom stereocenters. The van der Waals surface area contributed by atoms with Gasteiger partial charge in [0.15, 0.2) is 0 Å². The molecule has 0 spiro atoms. The number of halogens is 3. The Labute approximate surface area is 123 Å². The van der Waals surface area contributed by atoms with Crippen LogP contribution in [0.2, 0.25) is 0 Å². The van der Waals surface area contributed by atoms with Crippen molar-refractivity contribution < 1.29 is 18.0 Å². The molecular formula is C15H21F3N2O. The smallest absolute Gasteiger partial charge is 0.337 e. The second-order valence-corrected chi connectivity index (χ2v) is 5.20. The highest BCUT2D eigenvalue weighted by atomic mass is 19.4. The van der Waals surface area contributed by atoms with Crippen molar-refractivity contribution in [1.29, 1.82) is 0 Å². The van der Waals surface area contributed by atoms with Crippen LogP contribution in [0.3, 0.4) is 0 Å². The molecule has 3 nitrogen and oxygen atoms in total. The predicted molar refractivity (Wildman–Crippen MR) is 75.7 cm³/mol. The predicted octanol–water partition coefficient (Wildman–Crippen LogP) is 3.05. The SMILES string of the molecule is CC(=O)N(CCNC(C)C)Cc1ccccc1C(F)(F)F. The molecule has 118 valence electrons. The van der Waals surface area contributed by atoms with E-state index in [1.807, 2.05) is 13.8 Å². The Bertz CT molecular complexity index is 472. The number of benzene rings is 1. The molecule has 0 unspecified atom stereocenters. The van der Waals surface area contributed by atoms with Crippen molar-refractivity contribution >= 4 is 5.91 Å². The number of carbonyl (C=O) groups is 1. The van der Waals surface area contributed by atoms with Gasteiger partial charge < -0.3 is 10.2 Å². The summed E-state index contributed by atoms with van der Waals surface area (Å²) in [6, 6.07) is 5.62. The number of nitrogens with one attached hydrogen (secondary N) is 1. The zero-order valence-electron chi connectivity index (χ0n) is 12.5. The van der Waals surface area contributed by atoms with E-state index in [-0.39, 0.29) is 24.1 Å². The van der Waals surface area contributed by atoms with Crippen molar-refractivity contribution in [1.82, 2.24) is 10.2 Å². The molecule has 0 bridgehead atoms. The molecule has 1 rings (SSSR count). The molecular weight excluding hydrogens is 281 g/mol. The van der Waals surface area contributed by atoms with Crippen LogP contribution in [0.4, 0.5) is 13.2 Å². The van der Waals surface area contributed by atoms with Gasteiger partial charge >= 0.3 is 6.18 Å². The van der Waals surface area contributed by atoms with Crippen molar-refractivity contribution in [2.45, 2.75) is 39.5 Å². The summed E-state index contributed by atoms with van der Waals surface area (Å²) in [5, 5.41) is 3.15. The average Bonchev–Trinajstić information content (AvgIpc) is 2.36.